The van der Waals surface area contributed by atoms with E-state index >= 15 is 0 Å². The van der Waals surface area contributed by atoms with Crippen LogP contribution in [-0.4, -0.2) is 30.0 Å². The molecule has 1 aromatic rings. The Kier molecular flexibility index (Phi) is 5.61. The maximum absolute atomic E-state index is 12.4. The van der Waals surface area contributed by atoms with E-state index < -0.39 is 0 Å². The van der Waals surface area contributed by atoms with Gasteiger partial charge in [0.05, 0.1) is 6.04 Å². The first-order chi connectivity index (χ1) is 10.3. The molecule has 2 aliphatic rings. The molecular weight excluding hydrogens is 300 g/mol. The highest BCUT2D eigenvalue weighted by molar-refractivity contribution is 7.99. The largest absolute Gasteiger partial charge is 0.348 e. The van der Waals surface area contributed by atoms with Gasteiger partial charge in [0.2, 0.25) is 5.91 Å². The van der Waals surface area contributed by atoms with Gasteiger partial charge in [-0.05, 0) is 30.2 Å². The van der Waals surface area contributed by atoms with E-state index in [9.17, 15) is 4.79 Å². The Morgan fingerprint density at radius 3 is 2.95 bits per heavy atom. The van der Waals surface area contributed by atoms with Crippen LogP contribution in [0.15, 0.2) is 17.5 Å². The van der Waals surface area contributed by atoms with Crippen molar-refractivity contribution in [2.45, 2.75) is 44.2 Å². The zero-order valence-corrected chi connectivity index (χ0v) is 14.0. The minimum Gasteiger partial charge on any atom is -0.348 e. The van der Waals surface area contributed by atoms with E-state index in [1.165, 1.54) is 30.6 Å². The quantitative estimate of drug-likeness (QED) is 0.874. The summed E-state index contributed by atoms with van der Waals surface area (Å²) in [5, 5.41) is 8.89. The van der Waals surface area contributed by atoms with Gasteiger partial charge in [-0.15, -0.1) is 11.3 Å². The number of carbonyl (C=O) groups excluding carboxylic acids is 1. The Morgan fingerprint density at radius 1 is 1.43 bits per heavy atom. The molecule has 3 nitrogen and oxygen atoms in total. The number of hydrogen-bond donors (Lipinski definition) is 2. The van der Waals surface area contributed by atoms with E-state index in [-0.39, 0.29) is 11.9 Å². The summed E-state index contributed by atoms with van der Waals surface area (Å²) < 4.78 is 0. The first kappa shape index (κ1) is 15.4. The normalized spacial score (nSPS) is 24.9. The van der Waals surface area contributed by atoms with Crippen LogP contribution >= 0.6 is 23.1 Å². The summed E-state index contributed by atoms with van der Waals surface area (Å²) in [5.41, 5.74) is 0. The van der Waals surface area contributed by atoms with Gasteiger partial charge in [-0.25, -0.2) is 0 Å². The second-order valence-electron chi connectivity index (χ2n) is 6.04. The Morgan fingerprint density at radius 2 is 2.29 bits per heavy atom. The average molecular weight is 325 g/mol. The van der Waals surface area contributed by atoms with E-state index in [1.54, 1.807) is 11.3 Å². The van der Waals surface area contributed by atoms with E-state index in [1.807, 2.05) is 11.8 Å². The van der Waals surface area contributed by atoms with Crippen molar-refractivity contribution in [2.24, 2.45) is 5.92 Å². The van der Waals surface area contributed by atoms with Crippen LogP contribution in [0.3, 0.4) is 0 Å². The minimum absolute atomic E-state index is 0.209. The van der Waals surface area contributed by atoms with Crippen LogP contribution in [0.4, 0.5) is 0 Å². The summed E-state index contributed by atoms with van der Waals surface area (Å²) in [5.74, 6) is 3.06. The second-order valence-corrected chi connectivity index (χ2v) is 8.16. The fourth-order valence-electron chi connectivity index (χ4n) is 3.39. The average Bonchev–Trinajstić information content (AvgIpc) is 3.19. The molecule has 2 N–H and O–H groups in total. The third-order valence-electron chi connectivity index (χ3n) is 4.47. The van der Waals surface area contributed by atoms with Crippen molar-refractivity contribution in [3.05, 3.63) is 22.4 Å². The summed E-state index contributed by atoms with van der Waals surface area (Å²) in [4.78, 5) is 13.7. The smallest absolute Gasteiger partial charge is 0.222 e. The van der Waals surface area contributed by atoms with Gasteiger partial charge in [0.15, 0.2) is 0 Å². The zero-order chi connectivity index (χ0) is 14.5. The maximum Gasteiger partial charge on any atom is 0.222 e. The molecule has 1 saturated heterocycles. The molecule has 0 aromatic carbocycles. The molecule has 2 unspecified atom stereocenters. The van der Waals surface area contributed by atoms with Gasteiger partial charge in [0.1, 0.15) is 0 Å². The number of amides is 1. The highest BCUT2D eigenvalue weighted by Gasteiger charge is 2.29. The number of carbonyl (C=O) groups is 1. The van der Waals surface area contributed by atoms with Gasteiger partial charge in [-0.1, -0.05) is 18.9 Å². The molecule has 1 amide bonds. The molecule has 0 radical (unpaired) electrons. The van der Waals surface area contributed by atoms with Crippen LogP contribution in [0.5, 0.6) is 0 Å². The van der Waals surface area contributed by atoms with Crippen LogP contribution in [0, 0.1) is 5.92 Å². The lowest BCUT2D eigenvalue weighted by Gasteiger charge is -2.26. The lowest BCUT2D eigenvalue weighted by molar-refractivity contribution is -0.122. The van der Waals surface area contributed by atoms with Gasteiger partial charge < -0.3 is 10.6 Å². The van der Waals surface area contributed by atoms with Crippen molar-refractivity contribution >= 4 is 29.0 Å². The van der Waals surface area contributed by atoms with Gasteiger partial charge >= 0.3 is 0 Å². The fraction of sp³-hybridized carbons (Fsp3) is 0.688. The lowest BCUT2D eigenvalue weighted by Crippen LogP contribution is -2.42. The summed E-state index contributed by atoms with van der Waals surface area (Å²) in [7, 11) is 0. The Balaban J connectivity index is 1.59. The summed E-state index contributed by atoms with van der Waals surface area (Å²) in [6.07, 6.45) is 5.73. The molecule has 116 valence electrons. The van der Waals surface area contributed by atoms with Crippen molar-refractivity contribution in [3.8, 4) is 0 Å². The topological polar surface area (TPSA) is 41.1 Å². The highest BCUT2D eigenvalue weighted by Crippen LogP contribution is 2.37. The lowest BCUT2D eigenvalue weighted by atomic mass is 9.96. The van der Waals surface area contributed by atoms with E-state index in [0.29, 0.717) is 18.4 Å². The van der Waals surface area contributed by atoms with E-state index in [4.69, 9.17) is 0 Å². The van der Waals surface area contributed by atoms with Crippen LogP contribution in [0.1, 0.15) is 43.0 Å². The number of nitrogens with one attached hydrogen (secondary N) is 2. The van der Waals surface area contributed by atoms with Gasteiger partial charge in [-0.3, -0.25) is 4.79 Å². The summed E-state index contributed by atoms with van der Waals surface area (Å²) in [6, 6.07) is 4.84. The van der Waals surface area contributed by atoms with Crippen LogP contribution in [0.2, 0.25) is 0 Å². The fourth-order valence-corrected chi connectivity index (χ4v) is 5.21. The number of rotatable bonds is 5. The summed E-state index contributed by atoms with van der Waals surface area (Å²) >= 11 is 3.72. The molecule has 1 aliphatic heterocycles. The second kappa shape index (κ2) is 7.65. The molecular formula is C16H24N2OS2. The molecule has 2 atom stereocenters. The van der Waals surface area contributed by atoms with Crippen molar-refractivity contribution in [1.29, 1.82) is 0 Å². The molecule has 0 bridgehead atoms. The summed E-state index contributed by atoms with van der Waals surface area (Å²) in [6.45, 7) is 1.03. The predicted molar refractivity (Wildman–Crippen MR) is 90.9 cm³/mol. The van der Waals surface area contributed by atoms with E-state index in [0.717, 1.165) is 18.1 Å². The van der Waals surface area contributed by atoms with Crippen molar-refractivity contribution in [3.63, 3.8) is 0 Å². The minimum atomic E-state index is 0.209. The predicted octanol–water partition coefficient (Wildman–Crippen LogP) is 3.19. The number of thioether (sulfide) groups is 1. The molecule has 2 fully saturated rings. The number of thiophene rings is 1. The van der Waals surface area contributed by atoms with Gasteiger partial charge in [-0.2, -0.15) is 11.8 Å². The van der Waals surface area contributed by atoms with Crippen molar-refractivity contribution in [1.82, 2.24) is 10.6 Å². The highest BCUT2D eigenvalue weighted by atomic mass is 32.2. The van der Waals surface area contributed by atoms with Crippen LogP contribution < -0.4 is 10.6 Å². The maximum atomic E-state index is 12.4. The molecule has 21 heavy (non-hydrogen) atoms. The van der Waals surface area contributed by atoms with Gasteiger partial charge in [0, 0.05) is 35.4 Å². The third-order valence-corrected chi connectivity index (χ3v) is 6.55. The van der Waals surface area contributed by atoms with Crippen LogP contribution in [-0.2, 0) is 4.79 Å². The Bertz CT molecular complexity index is 437. The Labute approximate surface area is 135 Å². The molecule has 2 heterocycles. The first-order valence-corrected chi connectivity index (χ1v) is 10.0. The molecule has 0 spiro atoms. The van der Waals surface area contributed by atoms with Crippen molar-refractivity contribution in [2.75, 3.05) is 18.1 Å². The standard InChI is InChI=1S/C16H24N2OS2/c19-15(10-13-11-20-9-7-17-13)18-16(12-4-1-2-5-12)14-6-3-8-21-14/h3,6,8,12-13,16-17H,1-2,4-5,7,9-11H2,(H,18,19). The SMILES string of the molecule is O=C(CC1CSCCN1)NC(c1cccs1)C1CCCC1. The molecule has 5 heteroatoms. The molecule has 3 rings (SSSR count). The Hall–Kier alpha value is -0.520. The first-order valence-electron chi connectivity index (χ1n) is 7.97. The monoisotopic (exact) mass is 324 g/mol. The van der Waals surface area contributed by atoms with Crippen molar-refractivity contribution < 1.29 is 4.79 Å². The van der Waals surface area contributed by atoms with Crippen LogP contribution in [0.25, 0.3) is 0 Å². The molecule has 1 aliphatic carbocycles. The molecule has 1 aromatic heterocycles. The third kappa shape index (κ3) is 4.24. The van der Waals surface area contributed by atoms with E-state index in [2.05, 4.69) is 28.1 Å². The number of hydrogen-bond acceptors (Lipinski definition) is 4. The molecule has 1 saturated carbocycles. The zero-order valence-electron chi connectivity index (χ0n) is 12.3. The van der Waals surface area contributed by atoms with Gasteiger partial charge in [0.25, 0.3) is 0 Å².